The van der Waals surface area contributed by atoms with E-state index in [1.165, 1.54) is 11.8 Å². The summed E-state index contributed by atoms with van der Waals surface area (Å²) in [6.07, 6.45) is 5.34. The third-order valence-corrected chi connectivity index (χ3v) is 4.71. The predicted octanol–water partition coefficient (Wildman–Crippen LogP) is 2.92. The van der Waals surface area contributed by atoms with Gasteiger partial charge in [0.1, 0.15) is 0 Å². The zero-order valence-corrected chi connectivity index (χ0v) is 13.0. The zero-order chi connectivity index (χ0) is 14.7. The van der Waals surface area contributed by atoms with E-state index in [9.17, 15) is 4.79 Å². The third-order valence-electron chi connectivity index (χ3n) is 3.76. The highest BCUT2D eigenvalue weighted by Crippen LogP contribution is 2.37. The van der Waals surface area contributed by atoms with E-state index in [4.69, 9.17) is 9.84 Å². The fourth-order valence-electron chi connectivity index (χ4n) is 2.83. The van der Waals surface area contributed by atoms with E-state index >= 15 is 0 Å². The molecule has 0 aliphatic heterocycles. The van der Waals surface area contributed by atoms with Crippen LogP contribution in [-0.2, 0) is 9.53 Å². The molecule has 6 heteroatoms. The van der Waals surface area contributed by atoms with Crippen molar-refractivity contribution in [1.29, 1.82) is 0 Å². The van der Waals surface area contributed by atoms with Gasteiger partial charge in [-0.05, 0) is 25.2 Å². The van der Waals surface area contributed by atoms with Gasteiger partial charge in [0, 0.05) is 19.0 Å². The molecule has 2 rings (SSSR count). The van der Waals surface area contributed by atoms with Gasteiger partial charge in [0.25, 0.3) is 0 Å². The second-order valence-electron chi connectivity index (χ2n) is 5.45. The van der Waals surface area contributed by atoms with E-state index in [-0.39, 0.29) is 17.9 Å². The average Bonchev–Trinajstić information content (AvgIpc) is 3.01. The Labute approximate surface area is 123 Å². The van der Waals surface area contributed by atoms with E-state index in [2.05, 4.69) is 23.4 Å². The van der Waals surface area contributed by atoms with Crippen LogP contribution in [0.25, 0.3) is 0 Å². The second kappa shape index (κ2) is 6.63. The van der Waals surface area contributed by atoms with Gasteiger partial charge in [-0.25, -0.2) is 4.98 Å². The number of hydrogen-bond acceptors (Lipinski definition) is 4. The van der Waals surface area contributed by atoms with E-state index in [1.54, 1.807) is 7.11 Å². The van der Waals surface area contributed by atoms with Crippen LogP contribution in [0.15, 0.2) is 11.4 Å². The standard InChI is InChI=1S/C14H22N2O3S/c1-9(2)11-7-15-14(20-8-13(17)18)16(11)10-5-4-6-12(10)19-3/h7,9-10,12H,4-6,8H2,1-3H3,(H,17,18). The molecular weight excluding hydrogens is 276 g/mol. The summed E-state index contributed by atoms with van der Waals surface area (Å²) in [6, 6.07) is 0.274. The highest BCUT2D eigenvalue weighted by atomic mass is 32.2. The first-order valence-electron chi connectivity index (χ1n) is 6.99. The van der Waals surface area contributed by atoms with Crippen molar-refractivity contribution in [3.63, 3.8) is 0 Å². The summed E-state index contributed by atoms with van der Waals surface area (Å²) in [6.45, 7) is 4.27. The molecule has 112 valence electrons. The molecule has 0 amide bonds. The number of ether oxygens (including phenoxy) is 1. The average molecular weight is 298 g/mol. The zero-order valence-electron chi connectivity index (χ0n) is 12.2. The van der Waals surface area contributed by atoms with Crippen molar-refractivity contribution in [2.45, 2.75) is 56.3 Å². The monoisotopic (exact) mass is 298 g/mol. The summed E-state index contributed by atoms with van der Waals surface area (Å²) in [7, 11) is 1.75. The van der Waals surface area contributed by atoms with Gasteiger partial charge in [-0.3, -0.25) is 4.79 Å². The molecule has 1 aliphatic rings. The fraction of sp³-hybridized carbons (Fsp3) is 0.714. The molecule has 1 N–H and O–H groups in total. The largest absolute Gasteiger partial charge is 0.481 e. The quantitative estimate of drug-likeness (QED) is 0.818. The number of carboxylic acid groups (broad SMARTS) is 1. The van der Waals surface area contributed by atoms with Crippen LogP contribution in [0.4, 0.5) is 0 Å². The second-order valence-corrected chi connectivity index (χ2v) is 6.39. The van der Waals surface area contributed by atoms with Crippen molar-refractivity contribution >= 4 is 17.7 Å². The van der Waals surface area contributed by atoms with Gasteiger partial charge >= 0.3 is 5.97 Å². The van der Waals surface area contributed by atoms with Crippen LogP contribution in [0.2, 0.25) is 0 Å². The molecule has 2 unspecified atom stereocenters. The number of nitrogens with zero attached hydrogens (tertiary/aromatic N) is 2. The summed E-state index contributed by atoms with van der Waals surface area (Å²) >= 11 is 1.29. The molecule has 2 atom stereocenters. The van der Waals surface area contributed by atoms with Crippen LogP contribution >= 0.6 is 11.8 Å². The van der Waals surface area contributed by atoms with Gasteiger partial charge in [-0.1, -0.05) is 25.6 Å². The van der Waals surface area contributed by atoms with Crippen molar-refractivity contribution in [1.82, 2.24) is 9.55 Å². The lowest BCUT2D eigenvalue weighted by Crippen LogP contribution is -2.23. The minimum Gasteiger partial charge on any atom is -0.481 e. The van der Waals surface area contributed by atoms with E-state index in [0.29, 0.717) is 5.92 Å². The normalized spacial score (nSPS) is 22.6. The highest BCUT2D eigenvalue weighted by Gasteiger charge is 2.32. The Bertz CT molecular complexity index is 473. The maximum Gasteiger partial charge on any atom is 0.313 e. The summed E-state index contributed by atoms with van der Waals surface area (Å²) in [4.78, 5) is 15.2. The molecule has 1 aromatic heterocycles. The van der Waals surface area contributed by atoms with Crippen LogP contribution in [0.5, 0.6) is 0 Å². The molecule has 0 spiro atoms. The molecule has 1 aromatic rings. The molecule has 20 heavy (non-hydrogen) atoms. The van der Waals surface area contributed by atoms with Gasteiger partial charge in [-0.2, -0.15) is 0 Å². The lowest BCUT2D eigenvalue weighted by molar-refractivity contribution is -0.133. The number of thioether (sulfide) groups is 1. The Hall–Kier alpha value is -1.01. The maximum absolute atomic E-state index is 10.8. The number of imidazole rings is 1. The van der Waals surface area contributed by atoms with Gasteiger partial charge in [-0.15, -0.1) is 0 Å². The SMILES string of the molecule is COC1CCCC1n1c(C(C)C)cnc1SCC(=O)O. The Morgan fingerprint density at radius 2 is 2.35 bits per heavy atom. The Balaban J connectivity index is 2.31. The minimum atomic E-state index is -0.814. The van der Waals surface area contributed by atoms with Crippen molar-refractivity contribution in [3.8, 4) is 0 Å². The summed E-state index contributed by atoms with van der Waals surface area (Å²) in [5.74, 6) is -0.413. The molecule has 1 saturated carbocycles. The van der Waals surface area contributed by atoms with Crippen molar-refractivity contribution in [2.24, 2.45) is 0 Å². The smallest absolute Gasteiger partial charge is 0.313 e. The molecule has 5 nitrogen and oxygen atoms in total. The predicted molar refractivity (Wildman–Crippen MR) is 78.4 cm³/mol. The Morgan fingerprint density at radius 1 is 1.60 bits per heavy atom. The lowest BCUT2D eigenvalue weighted by atomic mass is 10.1. The fourth-order valence-corrected chi connectivity index (χ4v) is 3.59. The van der Waals surface area contributed by atoms with Crippen molar-refractivity contribution in [2.75, 3.05) is 12.9 Å². The summed E-state index contributed by atoms with van der Waals surface area (Å²) in [5.41, 5.74) is 1.16. The molecule has 0 bridgehead atoms. The topological polar surface area (TPSA) is 64.4 Å². The number of hydrogen-bond donors (Lipinski definition) is 1. The number of methoxy groups -OCH3 is 1. The van der Waals surface area contributed by atoms with Crippen molar-refractivity contribution < 1.29 is 14.6 Å². The summed E-state index contributed by atoms with van der Waals surface area (Å²) < 4.78 is 7.80. The molecular formula is C14H22N2O3S. The molecule has 1 fully saturated rings. The highest BCUT2D eigenvalue weighted by molar-refractivity contribution is 7.99. The van der Waals surface area contributed by atoms with Gasteiger partial charge in [0.2, 0.25) is 0 Å². The number of rotatable bonds is 6. The van der Waals surface area contributed by atoms with Crippen LogP contribution in [0.1, 0.15) is 50.8 Å². The molecule has 0 aromatic carbocycles. The maximum atomic E-state index is 10.8. The first-order chi connectivity index (χ1) is 9.54. The molecule has 1 aliphatic carbocycles. The number of aromatic nitrogens is 2. The molecule has 1 heterocycles. The van der Waals surface area contributed by atoms with E-state index in [0.717, 1.165) is 30.1 Å². The number of aliphatic carboxylic acids is 1. The van der Waals surface area contributed by atoms with E-state index in [1.807, 2.05) is 6.20 Å². The molecule has 0 radical (unpaired) electrons. The van der Waals surface area contributed by atoms with Crippen LogP contribution in [0.3, 0.4) is 0 Å². The number of carbonyl (C=O) groups is 1. The van der Waals surface area contributed by atoms with Gasteiger partial charge < -0.3 is 14.4 Å². The van der Waals surface area contributed by atoms with Crippen LogP contribution < -0.4 is 0 Å². The summed E-state index contributed by atoms with van der Waals surface area (Å²) in [5, 5.41) is 9.66. The van der Waals surface area contributed by atoms with Gasteiger partial charge in [0.15, 0.2) is 5.16 Å². The van der Waals surface area contributed by atoms with Crippen LogP contribution in [0, 0.1) is 0 Å². The Kier molecular flexibility index (Phi) is 5.10. The lowest BCUT2D eigenvalue weighted by Gasteiger charge is -2.25. The minimum absolute atomic E-state index is 0.0406. The number of carboxylic acids is 1. The first-order valence-corrected chi connectivity index (χ1v) is 7.97. The van der Waals surface area contributed by atoms with Gasteiger partial charge in [0.05, 0.1) is 17.9 Å². The molecule has 0 saturated heterocycles. The van der Waals surface area contributed by atoms with E-state index < -0.39 is 5.97 Å². The third kappa shape index (κ3) is 3.17. The Morgan fingerprint density at radius 3 is 2.95 bits per heavy atom. The van der Waals surface area contributed by atoms with Crippen LogP contribution in [-0.4, -0.2) is 39.6 Å². The first kappa shape index (κ1) is 15.4. The van der Waals surface area contributed by atoms with Crippen molar-refractivity contribution in [3.05, 3.63) is 11.9 Å².